The van der Waals surface area contributed by atoms with Crippen molar-refractivity contribution in [2.75, 3.05) is 32.7 Å². The van der Waals surface area contributed by atoms with Gasteiger partial charge in [0.15, 0.2) is 0 Å². The number of hydrogen-bond acceptors (Lipinski definition) is 4. The topological polar surface area (TPSA) is 69.7 Å². The average Bonchev–Trinajstić information content (AvgIpc) is 2.59. The zero-order chi connectivity index (χ0) is 17.7. The predicted octanol–water partition coefficient (Wildman–Crippen LogP) is 0.992. The number of benzene rings is 1. The van der Waals surface area contributed by atoms with Crippen molar-refractivity contribution in [2.45, 2.75) is 24.8 Å². The van der Waals surface area contributed by atoms with E-state index in [1.807, 2.05) is 18.7 Å². The van der Waals surface area contributed by atoms with Crippen molar-refractivity contribution < 1.29 is 13.2 Å². The number of carbonyl (C=O) groups excluding carboxylic acids is 1. The number of rotatable bonds is 6. The molecule has 1 saturated heterocycles. The van der Waals surface area contributed by atoms with E-state index in [9.17, 15) is 13.2 Å². The van der Waals surface area contributed by atoms with Crippen LogP contribution in [-0.4, -0.2) is 62.3 Å². The molecule has 7 heteroatoms. The Morgan fingerprint density at radius 2 is 1.83 bits per heavy atom. The summed E-state index contributed by atoms with van der Waals surface area (Å²) in [5.74, 6) is -0.0651. The number of amides is 1. The van der Waals surface area contributed by atoms with Crippen LogP contribution in [0.15, 0.2) is 41.8 Å². The van der Waals surface area contributed by atoms with Gasteiger partial charge >= 0.3 is 0 Å². The third kappa shape index (κ3) is 4.23. The quantitative estimate of drug-likeness (QED) is 0.776. The highest BCUT2D eigenvalue weighted by molar-refractivity contribution is 7.89. The van der Waals surface area contributed by atoms with Crippen molar-refractivity contribution in [1.29, 1.82) is 0 Å². The van der Waals surface area contributed by atoms with Crippen molar-refractivity contribution >= 4 is 15.9 Å². The van der Waals surface area contributed by atoms with Crippen LogP contribution in [0.4, 0.5) is 0 Å². The van der Waals surface area contributed by atoms with Crippen LogP contribution >= 0.6 is 0 Å². The van der Waals surface area contributed by atoms with Crippen LogP contribution in [0.1, 0.15) is 12.5 Å². The number of nitrogens with one attached hydrogen (secondary N) is 1. The summed E-state index contributed by atoms with van der Waals surface area (Å²) in [6, 6.07) is 6.60. The summed E-state index contributed by atoms with van der Waals surface area (Å²) >= 11 is 0. The molecule has 0 radical (unpaired) electrons. The smallest absolute Gasteiger partial charge is 0.243 e. The van der Waals surface area contributed by atoms with Gasteiger partial charge in [-0.25, -0.2) is 8.42 Å². The lowest BCUT2D eigenvalue weighted by Gasteiger charge is -2.36. The van der Waals surface area contributed by atoms with Gasteiger partial charge in [0.2, 0.25) is 15.9 Å². The molecule has 1 aliphatic heterocycles. The number of nitrogens with zero attached hydrogens (tertiary/aromatic N) is 2. The minimum Gasteiger partial charge on any atom is -0.351 e. The van der Waals surface area contributed by atoms with E-state index < -0.39 is 10.0 Å². The minimum atomic E-state index is -3.47. The summed E-state index contributed by atoms with van der Waals surface area (Å²) in [4.78, 5) is 14.3. The third-order valence-electron chi connectivity index (χ3n) is 4.28. The number of hydrogen-bond donors (Lipinski definition) is 1. The van der Waals surface area contributed by atoms with Gasteiger partial charge < -0.3 is 5.32 Å². The largest absolute Gasteiger partial charge is 0.351 e. The van der Waals surface area contributed by atoms with E-state index in [1.165, 1.54) is 4.31 Å². The summed E-state index contributed by atoms with van der Waals surface area (Å²) in [7, 11) is -3.47. The zero-order valence-corrected chi connectivity index (χ0v) is 15.1. The standard InChI is InChI=1S/C17H25N3O3S/c1-4-9-18-17(21)15(3)19-10-12-20(13-11-19)24(22,23)16-7-5-14(2)6-8-16/h4-8,15H,1,9-13H2,2-3H3,(H,18,21)/t15-/m0/s1. The van der Waals surface area contributed by atoms with E-state index in [0.717, 1.165) is 5.56 Å². The van der Waals surface area contributed by atoms with Crippen molar-refractivity contribution in [3.8, 4) is 0 Å². The SMILES string of the molecule is C=CCNC(=O)[C@H](C)N1CCN(S(=O)(=O)c2ccc(C)cc2)CC1. The third-order valence-corrected chi connectivity index (χ3v) is 6.19. The first-order chi connectivity index (χ1) is 11.4. The van der Waals surface area contributed by atoms with Gasteiger partial charge in [0.1, 0.15) is 0 Å². The number of sulfonamides is 1. The first kappa shape index (κ1) is 18.6. The second-order valence-corrected chi connectivity index (χ2v) is 7.90. The van der Waals surface area contributed by atoms with Crippen LogP contribution in [0, 0.1) is 6.92 Å². The van der Waals surface area contributed by atoms with E-state index in [0.29, 0.717) is 37.6 Å². The predicted molar refractivity (Wildman–Crippen MR) is 94.2 cm³/mol. The first-order valence-electron chi connectivity index (χ1n) is 8.05. The Labute approximate surface area is 144 Å². The molecule has 1 heterocycles. The molecule has 0 aliphatic carbocycles. The van der Waals surface area contributed by atoms with Crippen molar-refractivity contribution in [3.63, 3.8) is 0 Å². The average molecular weight is 351 g/mol. The Kier molecular flexibility index (Phi) is 6.15. The van der Waals surface area contributed by atoms with Crippen LogP contribution in [0.2, 0.25) is 0 Å². The molecule has 1 atom stereocenters. The highest BCUT2D eigenvalue weighted by atomic mass is 32.2. The zero-order valence-electron chi connectivity index (χ0n) is 14.2. The Morgan fingerprint density at radius 3 is 2.38 bits per heavy atom. The molecule has 6 nitrogen and oxygen atoms in total. The fourth-order valence-electron chi connectivity index (χ4n) is 2.68. The lowest BCUT2D eigenvalue weighted by atomic mass is 10.2. The normalized spacial score (nSPS) is 18.1. The fraction of sp³-hybridized carbons (Fsp3) is 0.471. The van der Waals surface area contributed by atoms with E-state index in [1.54, 1.807) is 30.3 Å². The Hall–Kier alpha value is -1.70. The molecule has 0 spiro atoms. The number of piperazine rings is 1. The lowest BCUT2D eigenvalue weighted by molar-refractivity contribution is -0.126. The second-order valence-electron chi connectivity index (χ2n) is 5.96. The van der Waals surface area contributed by atoms with Crippen LogP contribution in [0.3, 0.4) is 0 Å². The summed E-state index contributed by atoms with van der Waals surface area (Å²) in [6.45, 7) is 9.61. The summed E-state index contributed by atoms with van der Waals surface area (Å²) < 4.78 is 26.8. The van der Waals surface area contributed by atoms with Gasteiger partial charge in [-0.1, -0.05) is 23.8 Å². The molecular weight excluding hydrogens is 326 g/mol. The van der Waals surface area contributed by atoms with Crippen molar-refractivity contribution in [2.24, 2.45) is 0 Å². The Balaban J connectivity index is 1.98. The summed E-state index contributed by atoms with van der Waals surface area (Å²) in [5, 5.41) is 2.77. The van der Waals surface area contributed by atoms with Crippen LogP contribution < -0.4 is 5.32 Å². The van der Waals surface area contributed by atoms with Gasteiger partial charge in [-0.15, -0.1) is 6.58 Å². The molecule has 2 rings (SSSR count). The molecular formula is C17H25N3O3S. The second kappa shape index (κ2) is 7.92. The molecule has 0 saturated carbocycles. The minimum absolute atomic E-state index is 0.0651. The van der Waals surface area contributed by atoms with Crippen LogP contribution in [-0.2, 0) is 14.8 Å². The van der Waals surface area contributed by atoms with Gasteiger partial charge in [-0.3, -0.25) is 9.69 Å². The molecule has 1 N–H and O–H groups in total. The molecule has 0 aromatic heterocycles. The van der Waals surface area contributed by atoms with E-state index >= 15 is 0 Å². The maximum Gasteiger partial charge on any atom is 0.243 e. The summed E-state index contributed by atoms with van der Waals surface area (Å²) in [6.07, 6.45) is 1.64. The van der Waals surface area contributed by atoms with Gasteiger partial charge in [0.05, 0.1) is 10.9 Å². The van der Waals surface area contributed by atoms with Gasteiger partial charge in [0.25, 0.3) is 0 Å². The molecule has 1 aromatic carbocycles. The van der Waals surface area contributed by atoms with E-state index in [4.69, 9.17) is 0 Å². The van der Waals surface area contributed by atoms with Crippen molar-refractivity contribution in [1.82, 2.24) is 14.5 Å². The monoisotopic (exact) mass is 351 g/mol. The van der Waals surface area contributed by atoms with Crippen LogP contribution in [0.25, 0.3) is 0 Å². The molecule has 1 amide bonds. The highest BCUT2D eigenvalue weighted by Gasteiger charge is 2.31. The molecule has 24 heavy (non-hydrogen) atoms. The highest BCUT2D eigenvalue weighted by Crippen LogP contribution is 2.18. The fourth-order valence-corrected chi connectivity index (χ4v) is 4.10. The summed E-state index contributed by atoms with van der Waals surface area (Å²) in [5.41, 5.74) is 1.03. The van der Waals surface area contributed by atoms with Crippen LogP contribution in [0.5, 0.6) is 0 Å². The maximum absolute atomic E-state index is 12.7. The maximum atomic E-state index is 12.7. The van der Waals surface area contributed by atoms with Crippen molar-refractivity contribution in [3.05, 3.63) is 42.5 Å². The molecule has 132 valence electrons. The molecule has 1 aromatic rings. The van der Waals surface area contributed by atoms with Gasteiger partial charge in [0, 0.05) is 32.7 Å². The first-order valence-corrected chi connectivity index (χ1v) is 9.49. The molecule has 0 unspecified atom stereocenters. The Bertz CT molecular complexity index is 678. The molecule has 1 fully saturated rings. The number of aryl methyl sites for hydroxylation is 1. The molecule has 0 bridgehead atoms. The van der Waals surface area contributed by atoms with E-state index in [2.05, 4.69) is 11.9 Å². The Morgan fingerprint density at radius 1 is 1.25 bits per heavy atom. The molecule has 1 aliphatic rings. The van der Waals surface area contributed by atoms with Gasteiger partial charge in [-0.2, -0.15) is 4.31 Å². The van der Waals surface area contributed by atoms with Gasteiger partial charge in [-0.05, 0) is 26.0 Å². The number of carbonyl (C=O) groups is 1. The lowest BCUT2D eigenvalue weighted by Crippen LogP contribution is -2.54. The van der Waals surface area contributed by atoms with E-state index in [-0.39, 0.29) is 11.9 Å².